The van der Waals surface area contributed by atoms with Crippen molar-refractivity contribution in [3.8, 4) is 5.75 Å². The molecule has 0 spiro atoms. The molecule has 1 aliphatic heterocycles. The van der Waals surface area contributed by atoms with Crippen molar-refractivity contribution in [3.63, 3.8) is 0 Å². The zero-order valence-electron chi connectivity index (χ0n) is 9.77. The lowest BCUT2D eigenvalue weighted by atomic mass is 10.00. The van der Waals surface area contributed by atoms with Crippen molar-refractivity contribution < 1.29 is 9.13 Å². The summed E-state index contributed by atoms with van der Waals surface area (Å²) in [6.07, 6.45) is 2.09. The normalized spacial score (nSPS) is 15.0. The first-order valence-electron chi connectivity index (χ1n) is 5.87. The van der Waals surface area contributed by atoms with Crippen molar-refractivity contribution in [1.29, 1.82) is 0 Å². The monoisotopic (exact) mass is 244 g/mol. The molecule has 0 bridgehead atoms. The molecule has 0 saturated heterocycles. The molecular weight excluding hydrogens is 231 g/mol. The van der Waals surface area contributed by atoms with Gasteiger partial charge in [-0.3, -0.25) is 4.98 Å². The molecule has 1 aromatic heterocycles. The number of rotatable bonds is 2. The van der Waals surface area contributed by atoms with Crippen LogP contribution in [0.3, 0.4) is 0 Å². The van der Waals surface area contributed by atoms with Gasteiger partial charge in [-0.05, 0) is 17.7 Å². The first-order valence-corrected chi connectivity index (χ1v) is 5.87. The molecule has 1 unspecified atom stereocenters. The van der Waals surface area contributed by atoms with Crippen molar-refractivity contribution in [3.05, 3.63) is 59.2 Å². The highest BCUT2D eigenvalue weighted by Crippen LogP contribution is 2.34. The van der Waals surface area contributed by atoms with E-state index in [1.807, 2.05) is 18.2 Å². The number of fused-ring (bicyclic) bond motifs is 1. The highest BCUT2D eigenvalue weighted by atomic mass is 19.1. The molecule has 0 saturated carbocycles. The summed E-state index contributed by atoms with van der Waals surface area (Å²) >= 11 is 0. The number of para-hydroxylation sites is 1. The van der Waals surface area contributed by atoms with Crippen LogP contribution in [0.1, 0.15) is 22.9 Å². The van der Waals surface area contributed by atoms with Crippen LogP contribution in [0.15, 0.2) is 36.5 Å². The fraction of sp³-hybridized carbons (Fsp3) is 0.214. The molecule has 2 aromatic rings. The Labute approximate surface area is 104 Å². The van der Waals surface area contributed by atoms with Crippen LogP contribution in [0.5, 0.6) is 5.75 Å². The van der Waals surface area contributed by atoms with Gasteiger partial charge in [0.25, 0.3) is 0 Å². The highest BCUT2D eigenvalue weighted by Gasteiger charge is 2.21. The Morgan fingerprint density at radius 2 is 2.17 bits per heavy atom. The van der Waals surface area contributed by atoms with E-state index in [4.69, 9.17) is 10.5 Å². The van der Waals surface area contributed by atoms with E-state index in [2.05, 4.69) is 4.98 Å². The summed E-state index contributed by atoms with van der Waals surface area (Å²) in [5.41, 5.74) is 8.89. The number of nitrogens with zero attached hydrogens (tertiary/aromatic N) is 1. The van der Waals surface area contributed by atoms with Crippen molar-refractivity contribution in [1.82, 2.24) is 4.98 Å². The Bertz CT molecular complexity index is 569. The predicted octanol–water partition coefficient (Wildman–Crippen LogP) is 2.20. The third-order valence-corrected chi connectivity index (χ3v) is 3.15. The van der Waals surface area contributed by atoms with Gasteiger partial charge in [-0.1, -0.05) is 18.2 Å². The molecule has 2 heterocycles. The summed E-state index contributed by atoms with van der Waals surface area (Å²) < 4.78 is 18.5. The Kier molecular flexibility index (Phi) is 2.72. The average Bonchev–Trinajstić information content (AvgIpc) is 2.87. The van der Waals surface area contributed by atoms with E-state index >= 15 is 0 Å². The van der Waals surface area contributed by atoms with Gasteiger partial charge < -0.3 is 10.5 Å². The lowest BCUT2D eigenvalue weighted by Gasteiger charge is -2.14. The molecule has 4 heteroatoms. The fourth-order valence-corrected chi connectivity index (χ4v) is 2.22. The number of benzene rings is 1. The number of hydrogen-bond donors (Lipinski definition) is 1. The van der Waals surface area contributed by atoms with Gasteiger partial charge in [0.2, 0.25) is 0 Å². The first-order chi connectivity index (χ1) is 8.75. The van der Waals surface area contributed by atoms with Gasteiger partial charge in [-0.15, -0.1) is 0 Å². The van der Waals surface area contributed by atoms with E-state index in [0.717, 1.165) is 17.7 Å². The van der Waals surface area contributed by atoms with Crippen molar-refractivity contribution in [2.24, 2.45) is 5.73 Å². The largest absolute Gasteiger partial charge is 0.493 e. The van der Waals surface area contributed by atoms with Crippen molar-refractivity contribution in [2.45, 2.75) is 12.5 Å². The van der Waals surface area contributed by atoms with Crippen LogP contribution in [0, 0.1) is 5.82 Å². The minimum atomic E-state index is -0.390. The van der Waals surface area contributed by atoms with E-state index in [9.17, 15) is 4.39 Å². The van der Waals surface area contributed by atoms with Crippen LogP contribution in [-0.4, -0.2) is 11.6 Å². The molecule has 0 aliphatic carbocycles. The summed E-state index contributed by atoms with van der Waals surface area (Å²) in [6.45, 7) is 0.690. The molecule has 92 valence electrons. The van der Waals surface area contributed by atoms with Gasteiger partial charge >= 0.3 is 0 Å². The minimum absolute atomic E-state index is 0.361. The molecule has 0 radical (unpaired) electrons. The third-order valence-electron chi connectivity index (χ3n) is 3.15. The smallest absolute Gasteiger partial charge is 0.141 e. The molecule has 1 atom stereocenters. The molecular formula is C14H13FN2O. The Morgan fingerprint density at radius 3 is 2.94 bits per heavy atom. The maximum absolute atomic E-state index is 12.8. The van der Waals surface area contributed by atoms with E-state index < -0.39 is 6.04 Å². The van der Waals surface area contributed by atoms with Crippen LogP contribution >= 0.6 is 0 Å². The molecule has 1 aromatic carbocycles. The van der Waals surface area contributed by atoms with Crippen molar-refractivity contribution in [2.75, 3.05) is 6.61 Å². The minimum Gasteiger partial charge on any atom is -0.493 e. The van der Waals surface area contributed by atoms with E-state index in [0.29, 0.717) is 12.3 Å². The summed E-state index contributed by atoms with van der Waals surface area (Å²) in [5.74, 6) is 0.497. The number of halogens is 1. The number of nitrogens with two attached hydrogens (primary N) is 1. The topological polar surface area (TPSA) is 48.1 Å². The molecule has 3 nitrogen and oxygen atoms in total. The Hall–Kier alpha value is -1.94. The quantitative estimate of drug-likeness (QED) is 0.881. The lowest BCUT2D eigenvalue weighted by Crippen LogP contribution is -2.14. The molecule has 2 N–H and O–H groups in total. The molecule has 1 aliphatic rings. The highest BCUT2D eigenvalue weighted by molar-refractivity contribution is 5.47. The average molecular weight is 244 g/mol. The first kappa shape index (κ1) is 11.2. The zero-order valence-corrected chi connectivity index (χ0v) is 9.77. The van der Waals surface area contributed by atoms with Gasteiger partial charge in [0.05, 0.1) is 24.5 Å². The van der Waals surface area contributed by atoms with Crippen LogP contribution in [0.25, 0.3) is 0 Å². The Morgan fingerprint density at radius 1 is 1.28 bits per heavy atom. The molecule has 3 rings (SSSR count). The maximum Gasteiger partial charge on any atom is 0.141 e. The maximum atomic E-state index is 12.8. The summed E-state index contributed by atoms with van der Waals surface area (Å²) in [5, 5.41) is 0. The van der Waals surface area contributed by atoms with Gasteiger partial charge in [0, 0.05) is 12.0 Å². The standard InChI is InChI=1S/C14H13FN2O/c15-10-4-5-12(17-8-10)13(16)11-3-1-2-9-6-7-18-14(9)11/h1-5,8,13H,6-7,16H2. The Balaban J connectivity index is 2.00. The molecule has 0 amide bonds. The van der Waals surface area contributed by atoms with Crippen LogP contribution in [0.2, 0.25) is 0 Å². The number of hydrogen-bond acceptors (Lipinski definition) is 3. The molecule has 18 heavy (non-hydrogen) atoms. The van der Waals surface area contributed by atoms with Gasteiger partial charge in [-0.25, -0.2) is 4.39 Å². The lowest BCUT2D eigenvalue weighted by molar-refractivity contribution is 0.352. The fourth-order valence-electron chi connectivity index (χ4n) is 2.22. The second-order valence-corrected chi connectivity index (χ2v) is 4.31. The van der Waals surface area contributed by atoms with Gasteiger partial charge in [-0.2, -0.15) is 0 Å². The second kappa shape index (κ2) is 4.38. The summed E-state index contributed by atoms with van der Waals surface area (Å²) in [4.78, 5) is 4.02. The van der Waals surface area contributed by atoms with E-state index in [1.165, 1.54) is 17.8 Å². The second-order valence-electron chi connectivity index (χ2n) is 4.31. The number of pyridine rings is 1. The van der Waals surface area contributed by atoms with Crippen LogP contribution in [-0.2, 0) is 6.42 Å². The SMILES string of the molecule is NC(c1ccc(F)cn1)c1cccc2c1OCC2. The van der Waals surface area contributed by atoms with Crippen LogP contribution in [0.4, 0.5) is 4.39 Å². The summed E-state index contributed by atoms with van der Waals surface area (Å²) in [6, 6.07) is 8.52. The van der Waals surface area contributed by atoms with E-state index in [1.54, 1.807) is 6.07 Å². The van der Waals surface area contributed by atoms with Crippen LogP contribution < -0.4 is 10.5 Å². The van der Waals surface area contributed by atoms with Crippen molar-refractivity contribution >= 4 is 0 Å². The zero-order chi connectivity index (χ0) is 12.5. The molecule has 0 fully saturated rings. The third kappa shape index (κ3) is 1.84. The number of ether oxygens (including phenoxy) is 1. The van der Waals surface area contributed by atoms with Gasteiger partial charge in [0.15, 0.2) is 0 Å². The number of aromatic nitrogens is 1. The predicted molar refractivity (Wildman–Crippen MR) is 65.9 cm³/mol. The summed E-state index contributed by atoms with van der Waals surface area (Å²) in [7, 11) is 0. The van der Waals surface area contributed by atoms with Gasteiger partial charge in [0.1, 0.15) is 11.6 Å². The van der Waals surface area contributed by atoms with E-state index in [-0.39, 0.29) is 5.82 Å².